The third kappa shape index (κ3) is 2.34. The molecule has 0 bridgehead atoms. The Morgan fingerprint density at radius 2 is 1.86 bits per heavy atom. The van der Waals surface area contributed by atoms with Gasteiger partial charge >= 0.3 is 0 Å². The van der Waals surface area contributed by atoms with E-state index < -0.39 is 11.6 Å². The fourth-order valence-electron chi connectivity index (χ4n) is 1.04. The van der Waals surface area contributed by atoms with E-state index in [9.17, 15) is 8.78 Å². The van der Waals surface area contributed by atoms with Crippen LogP contribution in [0, 0.1) is 11.6 Å². The van der Waals surface area contributed by atoms with Crippen molar-refractivity contribution < 1.29 is 18.3 Å². The summed E-state index contributed by atoms with van der Waals surface area (Å²) in [5, 5.41) is 0. The van der Waals surface area contributed by atoms with Crippen molar-refractivity contribution >= 4 is 0 Å². The van der Waals surface area contributed by atoms with E-state index >= 15 is 0 Å². The van der Waals surface area contributed by atoms with E-state index in [1.165, 1.54) is 7.11 Å². The second-order valence-electron chi connectivity index (χ2n) is 3.09. The third-order valence-corrected chi connectivity index (χ3v) is 1.55. The summed E-state index contributed by atoms with van der Waals surface area (Å²) in [5.41, 5.74) is 0. The minimum Gasteiger partial charge on any atom is -0.493 e. The van der Waals surface area contributed by atoms with E-state index in [4.69, 9.17) is 9.47 Å². The van der Waals surface area contributed by atoms with Crippen LogP contribution in [0.1, 0.15) is 13.8 Å². The van der Waals surface area contributed by atoms with E-state index in [0.717, 1.165) is 12.1 Å². The average Bonchev–Trinajstić information content (AvgIpc) is 2.08. The average molecular weight is 202 g/mol. The molecule has 0 atom stereocenters. The molecule has 4 heteroatoms. The zero-order valence-electron chi connectivity index (χ0n) is 8.30. The normalized spacial score (nSPS) is 10.4. The van der Waals surface area contributed by atoms with Gasteiger partial charge in [-0.2, -0.15) is 0 Å². The molecule has 1 rings (SSSR count). The van der Waals surface area contributed by atoms with Crippen LogP contribution in [0.5, 0.6) is 11.5 Å². The van der Waals surface area contributed by atoms with Gasteiger partial charge in [0.2, 0.25) is 0 Å². The molecule has 0 fully saturated rings. The van der Waals surface area contributed by atoms with Crippen molar-refractivity contribution in [1.29, 1.82) is 0 Å². The first-order valence-electron chi connectivity index (χ1n) is 4.24. The lowest BCUT2D eigenvalue weighted by atomic mass is 10.3. The highest BCUT2D eigenvalue weighted by Gasteiger charge is 2.14. The Balaban J connectivity index is 3.11. The van der Waals surface area contributed by atoms with Crippen molar-refractivity contribution in [3.63, 3.8) is 0 Å². The SMILES string of the molecule is COc1cc(F)cc(F)c1OC(C)C. The molecular formula is C10H12F2O2. The smallest absolute Gasteiger partial charge is 0.197 e. The number of methoxy groups -OCH3 is 1. The Hall–Kier alpha value is -1.32. The first kappa shape index (κ1) is 10.8. The lowest BCUT2D eigenvalue weighted by Crippen LogP contribution is -2.08. The van der Waals surface area contributed by atoms with Crippen LogP contribution in [-0.2, 0) is 0 Å². The first-order chi connectivity index (χ1) is 6.54. The van der Waals surface area contributed by atoms with Crippen LogP contribution in [0.4, 0.5) is 8.78 Å². The molecule has 0 aliphatic carbocycles. The molecule has 0 heterocycles. The standard InChI is InChI=1S/C10H12F2O2/c1-6(2)14-10-8(12)4-7(11)5-9(10)13-3/h4-6H,1-3H3. The maximum atomic E-state index is 13.2. The molecule has 0 amide bonds. The Morgan fingerprint density at radius 1 is 1.21 bits per heavy atom. The van der Waals surface area contributed by atoms with E-state index in [0.29, 0.717) is 0 Å². The van der Waals surface area contributed by atoms with E-state index in [-0.39, 0.29) is 17.6 Å². The van der Waals surface area contributed by atoms with Crippen molar-refractivity contribution in [3.8, 4) is 11.5 Å². The molecule has 0 unspecified atom stereocenters. The largest absolute Gasteiger partial charge is 0.493 e. The third-order valence-electron chi connectivity index (χ3n) is 1.55. The predicted octanol–water partition coefficient (Wildman–Crippen LogP) is 2.76. The Labute approximate surface area is 81.4 Å². The topological polar surface area (TPSA) is 18.5 Å². The van der Waals surface area contributed by atoms with Gasteiger partial charge in [-0.15, -0.1) is 0 Å². The summed E-state index contributed by atoms with van der Waals surface area (Å²) in [4.78, 5) is 0. The number of benzene rings is 1. The van der Waals surface area contributed by atoms with Crippen LogP contribution in [0.15, 0.2) is 12.1 Å². The van der Waals surface area contributed by atoms with Gasteiger partial charge in [-0.1, -0.05) is 0 Å². The van der Waals surface area contributed by atoms with Gasteiger partial charge in [0.1, 0.15) is 5.82 Å². The molecule has 1 aromatic carbocycles. The van der Waals surface area contributed by atoms with Gasteiger partial charge < -0.3 is 9.47 Å². The lowest BCUT2D eigenvalue weighted by Gasteiger charge is -2.13. The number of rotatable bonds is 3. The second-order valence-corrected chi connectivity index (χ2v) is 3.09. The summed E-state index contributed by atoms with van der Waals surface area (Å²) < 4.78 is 35.9. The van der Waals surface area contributed by atoms with E-state index in [1.807, 2.05) is 0 Å². The van der Waals surface area contributed by atoms with Gasteiger partial charge in [-0.25, -0.2) is 8.78 Å². The van der Waals surface area contributed by atoms with Crippen LogP contribution in [0.3, 0.4) is 0 Å². The quantitative estimate of drug-likeness (QED) is 0.750. The van der Waals surface area contributed by atoms with Crippen LogP contribution < -0.4 is 9.47 Å². The molecule has 0 saturated heterocycles. The Morgan fingerprint density at radius 3 is 2.36 bits per heavy atom. The van der Waals surface area contributed by atoms with Gasteiger partial charge in [-0.3, -0.25) is 0 Å². The van der Waals surface area contributed by atoms with Crippen LogP contribution in [0.2, 0.25) is 0 Å². The number of hydrogen-bond acceptors (Lipinski definition) is 2. The van der Waals surface area contributed by atoms with Crippen molar-refractivity contribution in [2.75, 3.05) is 7.11 Å². The first-order valence-corrected chi connectivity index (χ1v) is 4.24. The van der Waals surface area contributed by atoms with Gasteiger partial charge in [0.25, 0.3) is 0 Å². The van der Waals surface area contributed by atoms with Crippen molar-refractivity contribution in [1.82, 2.24) is 0 Å². The van der Waals surface area contributed by atoms with Gasteiger partial charge in [0.05, 0.1) is 13.2 Å². The molecule has 0 aliphatic rings. The highest BCUT2D eigenvalue weighted by Crippen LogP contribution is 2.31. The zero-order valence-corrected chi connectivity index (χ0v) is 8.30. The summed E-state index contributed by atoms with van der Waals surface area (Å²) >= 11 is 0. The summed E-state index contributed by atoms with van der Waals surface area (Å²) in [5.74, 6) is -1.42. The van der Waals surface area contributed by atoms with E-state index in [1.54, 1.807) is 13.8 Å². The summed E-state index contributed by atoms with van der Waals surface area (Å²) in [7, 11) is 1.33. The van der Waals surface area contributed by atoms with Crippen molar-refractivity contribution in [2.45, 2.75) is 20.0 Å². The maximum Gasteiger partial charge on any atom is 0.197 e. The van der Waals surface area contributed by atoms with Crippen LogP contribution >= 0.6 is 0 Å². The molecule has 2 nitrogen and oxygen atoms in total. The van der Waals surface area contributed by atoms with Crippen LogP contribution in [0.25, 0.3) is 0 Å². The Bertz CT molecular complexity index is 324. The molecule has 0 saturated carbocycles. The highest BCUT2D eigenvalue weighted by atomic mass is 19.1. The highest BCUT2D eigenvalue weighted by molar-refractivity contribution is 5.41. The van der Waals surface area contributed by atoms with E-state index in [2.05, 4.69) is 0 Å². The minimum absolute atomic E-state index is 0.0519. The number of halogens is 2. The Kier molecular flexibility index (Phi) is 3.28. The summed E-state index contributed by atoms with van der Waals surface area (Å²) in [6, 6.07) is 1.85. The number of ether oxygens (including phenoxy) is 2. The molecule has 14 heavy (non-hydrogen) atoms. The zero-order chi connectivity index (χ0) is 10.7. The second kappa shape index (κ2) is 4.26. The van der Waals surface area contributed by atoms with Crippen LogP contribution in [-0.4, -0.2) is 13.2 Å². The molecule has 0 radical (unpaired) electrons. The fourth-order valence-corrected chi connectivity index (χ4v) is 1.04. The van der Waals surface area contributed by atoms with Crippen molar-refractivity contribution in [3.05, 3.63) is 23.8 Å². The molecule has 1 aromatic rings. The van der Waals surface area contributed by atoms with Crippen molar-refractivity contribution in [2.24, 2.45) is 0 Å². The summed E-state index contributed by atoms with van der Waals surface area (Å²) in [6.07, 6.45) is -0.191. The lowest BCUT2D eigenvalue weighted by molar-refractivity contribution is 0.218. The molecule has 78 valence electrons. The molecule has 0 aliphatic heterocycles. The minimum atomic E-state index is -0.754. The predicted molar refractivity (Wildman–Crippen MR) is 48.7 cm³/mol. The molecule has 0 aromatic heterocycles. The fraction of sp³-hybridized carbons (Fsp3) is 0.400. The summed E-state index contributed by atoms with van der Waals surface area (Å²) in [6.45, 7) is 3.50. The van der Waals surface area contributed by atoms with Gasteiger partial charge in [0.15, 0.2) is 17.3 Å². The van der Waals surface area contributed by atoms with Gasteiger partial charge in [-0.05, 0) is 13.8 Å². The van der Waals surface area contributed by atoms with Gasteiger partial charge in [0, 0.05) is 12.1 Å². The molecule has 0 spiro atoms. The monoisotopic (exact) mass is 202 g/mol. The molecular weight excluding hydrogens is 190 g/mol. The number of hydrogen-bond donors (Lipinski definition) is 0. The maximum absolute atomic E-state index is 13.2. The molecule has 0 N–H and O–H groups in total.